The van der Waals surface area contributed by atoms with Crippen molar-refractivity contribution >= 4 is 11.7 Å². The van der Waals surface area contributed by atoms with Gasteiger partial charge in [0.25, 0.3) is 5.91 Å². The summed E-state index contributed by atoms with van der Waals surface area (Å²) in [4.78, 5) is 21.3. The number of piperazine rings is 1. The zero-order valence-corrected chi connectivity index (χ0v) is 13.5. The number of hydrogen-bond acceptors (Lipinski definition) is 4. The summed E-state index contributed by atoms with van der Waals surface area (Å²) in [6, 6.07) is 5.59. The SMILES string of the molecule is CCCNc1cccc(C(=O)N2CCN(C)C(C)(C)C2)n1. The Labute approximate surface area is 127 Å². The van der Waals surface area contributed by atoms with Crippen molar-refractivity contribution in [2.24, 2.45) is 0 Å². The first-order valence-electron chi connectivity index (χ1n) is 7.65. The Bertz CT molecular complexity index is 501. The largest absolute Gasteiger partial charge is 0.370 e. The summed E-state index contributed by atoms with van der Waals surface area (Å²) in [7, 11) is 2.11. The summed E-state index contributed by atoms with van der Waals surface area (Å²) >= 11 is 0. The molecule has 0 saturated carbocycles. The van der Waals surface area contributed by atoms with Gasteiger partial charge in [-0.25, -0.2) is 4.98 Å². The van der Waals surface area contributed by atoms with E-state index >= 15 is 0 Å². The lowest BCUT2D eigenvalue weighted by molar-refractivity contribution is 0.0307. The van der Waals surface area contributed by atoms with Crippen molar-refractivity contribution in [2.75, 3.05) is 38.5 Å². The number of nitrogens with zero attached hydrogens (tertiary/aromatic N) is 3. The lowest BCUT2D eigenvalue weighted by Gasteiger charge is -2.45. The number of aromatic nitrogens is 1. The van der Waals surface area contributed by atoms with Crippen LogP contribution >= 0.6 is 0 Å². The molecule has 1 amide bonds. The highest BCUT2D eigenvalue weighted by atomic mass is 16.2. The van der Waals surface area contributed by atoms with Crippen molar-refractivity contribution in [1.29, 1.82) is 0 Å². The van der Waals surface area contributed by atoms with Gasteiger partial charge >= 0.3 is 0 Å². The summed E-state index contributed by atoms with van der Waals surface area (Å²) in [5.41, 5.74) is 0.530. The molecule has 5 nitrogen and oxygen atoms in total. The summed E-state index contributed by atoms with van der Waals surface area (Å²) < 4.78 is 0. The predicted molar refractivity (Wildman–Crippen MR) is 85.6 cm³/mol. The average molecular weight is 290 g/mol. The van der Waals surface area contributed by atoms with Gasteiger partial charge in [0.1, 0.15) is 11.5 Å². The van der Waals surface area contributed by atoms with Crippen molar-refractivity contribution in [3.8, 4) is 0 Å². The maximum absolute atomic E-state index is 12.6. The van der Waals surface area contributed by atoms with E-state index in [0.717, 1.165) is 38.4 Å². The number of carbonyl (C=O) groups is 1. The summed E-state index contributed by atoms with van der Waals surface area (Å²) in [6.45, 7) is 9.69. The molecule has 1 aliphatic heterocycles. The molecule has 0 aromatic carbocycles. The molecule has 1 aromatic rings. The van der Waals surface area contributed by atoms with E-state index in [2.05, 4.69) is 43.0 Å². The standard InChI is InChI=1S/C16H26N4O/c1-5-9-17-14-8-6-7-13(18-14)15(21)20-11-10-19(4)16(2,3)12-20/h6-8H,5,9-12H2,1-4H3,(H,17,18). The number of anilines is 1. The van der Waals surface area contributed by atoms with Crippen LogP contribution in [-0.4, -0.2) is 59.5 Å². The highest BCUT2D eigenvalue weighted by molar-refractivity contribution is 5.92. The first kappa shape index (κ1) is 15.8. The van der Waals surface area contributed by atoms with E-state index in [1.54, 1.807) is 6.07 Å². The first-order chi connectivity index (χ1) is 9.94. The van der Waals surface area contributed by atoms with E-state index in [9.17, 15) is 4.79 Å². The monoisotopic (exact) mass is 290 g/mol. The van der Waals surface area contributed by atoms with Crippen LogP contribution in [-0.2, 0) is 0 Å². The van der Waals surface area contributed by atoms with Crippen LogP contribution in [0.4, 0.5) is 5.82 Å². The van der Waals surface area contributed by atoms with E-state index in [4.69, 9.17) is 0 Å². The van der Waals surface area contributed by atoms with Gasteiger partial charge in [-0.3, -0.25) is 9.69 Å². The van der Waals surface area contributed by atoms with Crippen LogP contribution in [0.2, 0.25) is 0 Å². The van der Waals surface area contributed by atoms with E-state index < -0.39 is 0 Å². The summed E-state index contributed by atoms with van der Waals surface area (Å²) in [6.07, 6.45) is 1.03. The van der Waals surface area contributed by atoms with E-state index in [-0.39, 0.29) is 11.4 Å². The molecule has 0 unspecified atom stereocenters. The number of rotatable bonds is 4. The predicted octanol–water partition coefficient (Wildman–Crippen LogP) is 2.07. The Morgan fingerprint density at radius 2 is 2.14 bits per heavy atom. The Kier molecular flexibility index (Phi) is 4.83. The molecular formula is C16H26N4O. The summed E-state index contributed by atoms with van der Waals surface area (Å²) in [5.74, 6) is 0.799. The maximum Gasteiger partial charge on any atom is 0.272 e. The second kappa shape index (κ2) is 6.43. The van der Waals surface area contributed by atoms with Gasteiger partial charge in [-0.05, 0) is 39.4 Å². The van der Waals surface area contributed by atoms with Crippen LogP contribution in [0.3, 0.4) is 0 Å². The number of likely N-dealkylation sites (N-methyl/N-ethyl adjacent to an activating group) is 1. The third-order valence-electron chi connectivity index (χ3n) is 4.13. The molecule has 1 aliphatic rings. The lowest BCUT2D eigenvalue weighted by Crippen LogP contribution is -2.58. The van der Waals surface area contributed by atoms with Crippen molar-refractivity contribution in [3.63, 3.8) is 0 Å². The molecule has 0 spiro atoms. The molecule has 2 heterocycles. The third-order valence-corrected chi connectivity index (χ3v) is 4.13. The molecule has 0 bridgehead atoms. The van der Waals surface area contributed by atoms with Crippen LogP contribution in [0.1, 0.15) is 37.7 Å². The molecule has 1 aromatic heterocycles. The van der Waals surface area contributed by atoms with Crippen molar-refractivity contribution in [3.05, 3.63) is 23.9 Å². The average Bonchev–Trinajstić information content (AvgIpc) is 2.47. The topological polar surface area (TPSA) is 48.5 Å². The number of hydrogen-bond donors (Lipinski definition) is 1. The van der Waals surface area contributed by atoms with Crippen molar-refractivity contribution < 1.29 is 4.79 Å². The molecule has 5 heteroatoms. The molecule has 1 saturated heterocycles. The molecule has 0 atom stereocenters. The highest BCUT2D eigenvalue weighted by Crippen LogP contribution is 2.20. The van der Waals surface area contributed by atoms with E-state index in [1.165, 1.54) is 0 Å². The Morgan fingerprint density at radius 1 is 1.38 bits per heavy atom. The number of pyridine rings is 1. The molecule has 0 aliphatic carbocycles. The fraction of sp³-hybridized carbons (Fsp3) is 0.625. The first-order valence-corrected chi connectivity index (χ1v) is 7.65. The second-order valence-electron chi connectivity index (χ2n) is 6.30. The Balaban J connectivity index is 2.09. The van der Waals surface area contributed by atoms with E-state index in [1.807, 2.05) is 17.0 Å². The Hall–Kier alpha value is -1.62. The van der Waals surface area contributed by atoms with Gasteiger partial charge in [-0.15, -0.1) is 0 Å². The maximum atomic E-state index is 12.6. The summed E-state index contributed by atoms with van der Waals surface area (Å²) in [5, 5.41) is 3.23. The molecular weight excluding hydrogens is 264 g/mol. The van der Waals surface area contributed by atoms with Crippen molar-refractivity contribution in [2.45, 2.75) is 32.7 Å². The van der Waals surface area contributed by atoms with Crippen LogP contribution in [0.5, 0.6) is 0 Å². The molecule has 2 rings (SSSR count). The minimum absolute atomic E-state index is 0.00593. The lowest BCUT2D eigenvalue weighted by atomic mass is 9.99. The van der Waals surface area contributed by atoms with Gasteiger partial charge in [0.2, 0.25) is 0 Å². The van der Waals surface area contributed by atoms with Gasteiger partial charge in [-0.2, -0.15) is 0 Å². The smallest absolute Gasteiger partial charge is 0.272 e. The van der Waals surface area contributed by atoms with Gasteiger partial charge in [0.05, 0.1) is 0 Å². The second-order valence-corrected chi connectivity index (χ2v) is 6.30. The van der Waals surface area contributed by atoms with Gasteiger partial charge < -0.3 is 10.2 Å². The van der Waals surface area contributed by atoms with Gasteiger partial charge in [-0.1, -0.05) is 13.0 Å². The number of nitrogens with one attached hydrogen (secondary N) is 1. The normalized spacial score (nSPS) is 18.6. The van der Waals surface area contributed by atoms with Crippen molar-refractivity contribution in [1.82, 2.24) is 14.8 Å². The quantitative estimate of drug-likeness (QED) is 0.922. The van der Waals surface area contributed by atoms with Crippen LogP contribution < -0.4 is 5.32 Å². The molecule has 1 fully saturated rings. The molecule has 1 N–H and O–H groups in total. The fourth-order valence-corrected chi connectivity index (χ4v) is 2.48. The van der Waals surface area contributed by atoms with Gasteiger partial charge in [0, 0.05) is 31.7 Å². The van der Waals surface area contributed by atoms with Crippen LogP contribution in [0, 0.1) is 0 Å². The fourth-order valence-electron chi connectivity index (χ4n) is 2.48. The minimum Gasteiger partial charge on any atom is -0.370 e. The zero-order valence-electron chi connectivity index (χ0n) is 13.5. The minimum atomic E-state index is 0.00593. The van der Waals surface area contributed by atoms with Crippen LogP contribution in [0.15, 0.2) is 18.2 Å². The Morgan fingerprint density at radius 3 is 2.81 bits per heavy atom. The number of amides is 1. The highest BCUT2D eigenvalue weighted by Gasteiger charge is 2.33. The van der Waals surface area contributed by atoms with E-state index in [0.29, 0.717) is 5.69 Å². The third kappa shape index (κ3) is 3.73. The molecule has 116 valence electrons. The van der Waals surface area contributed by atoms with Gasteiger partial charge in [0.15, 0.2) is 0 Å². The molecule has 0 radical (unpaired) electrons. The van der Waals surface area contributed by atoms with Crippen LogP contribution in [0.25, 0.3) is 0 Å². The molecule has 21 heavy (non-hydrogen) atoms. The zero-order chi connectivity index (χ0) is 15.5. The number of carbonyl (C=O) groups excluding carboxylic acids is 1.